The highest BCUT2D eigenvalue weighted by Crippen LogP contribution is 2.41. The molecule has 2 aromatic carbocycles. The lowest BCUT2D eigenvalue weighted by molar-refractivity contribution is -0.132. The number of fused-ring (bicyclic) bond motifs is 1. The molecule has 0 saturated carbocycles. The van der Waals surface area contributed by atoms with E-state index in [0.29, 0.717) is 16.8 Å². The fourth-order valence-corrected chi connectivity index (χ4v) is 3.57. The molecule has 1 amide bonds. The van der Waals surface area contributed by atoms with E-state index in [4.69, 9.17) is 4.42 Å². The maximum Gasteiger partial charge on any atom is 0.302 e. The molecule has 0 aliphatic carbocycles. The van der Waals surface area contributed by atoms with Crippen molar-refractivity contribution < 1.29 is 19.1 Å². The standard InChI is InChI=1S/C22H15N3O4/c26-19(13-7-2-1-3-8-13)17-18(16-11-6-12-29-16)25(21(28)20(17)27)22-23-14-9-4-5-10-15(14)24-22/h1-12,18,26H,(H,23,24)/b19-17+. The normalized spacial score (nSPS) is 18.6. The largest absolute Gasteiger partial charge is 0.507 e. The number of carbonyl (C=O) groups is 2. The van der Waals surface area contributed by atoms with E-state index in [-0.39, 0.29) is 17.3 Å². The maximum atomic E-state index is 13.0. The third-order valence-corrected chi connectivity index (χ3v) is 4.91. The molecule has 4 aromatic rings. The molecule has 2 aromatic heterocycles. The van der Waals surface area contributed by atoms with Gasteiger partial charge >= 0.3 is 5.91 Å². The number of aromatic nitrogens is 2. The fraction of sp³-hybridized carbons (Fsp3) is 0.0455. The van der Waals surface area contributed by atoms with Crippen LogP contribution in [0.1, 0.15) is 17.4 Å². The molecule has 1 fully saturated rings. The van der Waals surface area contributed by atoms with Crippen LogP contribution in [0.25, 0.3) is 16.8 Å². The summed E-state index contributed by atoms with van der Waals surface area (Å²) in [4.78, 5) is 34.7. The molecule has 1 aliphatic rings. The summed E-state index contributed by atoms with van der Waals surface area (Å²) in [6.45, 7) is 0. The van der Waals surface area contributed by atoms with Crippen LogP contribution >= 0.6 is 0 Å². The first kappa shape index (κ1) is 17.0. The number of aliphatic hydroxyl groups excluding tert-OH is 1. The second-order valence-electron chi connectivity index (χ2n) is 6.63. The van der Waals surface area contributed by atoms with Crippen molar-refractivity contribution in [3.63, 3.8) is 0 Å². The second kappa shape index (κ2) is 6.49. The molecule has 7 nitrogen and oxygen atoms in total. The number of nitrogens with one attached hydrogen (secondary N) is 1. The van der Waals surface area contributed by atoms with E-state index in [0.717, 1.165) is 5.52 Å². The first-order valence-electron chi connectivity index (χ1n) is 9.00. The fourth-order valence-electron chi connectivity index (χ4n) is 3.57. The van der Waals surface area contributed by atoms with Gasteiger partial charge in [-0.2, -0.15) is 0 Å². The Morgan fingerprint density at radius 1 is 1.00 bits per heavy atom. The lowest BCUT2D eigenvalue weighted by atomic mass is 9.99. The molecule has 29 heavy (non-hydrogen) atoms. The molecule has 2 N–H and O–H groups in total. The number of benzene rings is 2. The number of furan rings is 1. The molecule has 0 bridgehead atoms. The second-order valence-corrected chi connectivity index (χ2v) is 6.63. The zero-order valence-electron chi connectivity index (χ0n) is 15.1. The average Bonchev–Trinajstić information content (AvgIpc) is 3.47. The van der Waals surface area contributed by atoms with Gasteiger partial charge in [0, 0.05) is 5.56 Å². The smallest absolute Gasteiger partial charge is 0.302 e. The van der Waals surface area contributed by atoms with Crippen LogP contribution < -0.4 is 4.90 Å². The zero-order chi connectivity index (χ0) is 20.0. The first-order valence-corrected chi connectivity index (χ1v) is 9.00. The number of rotatable bonds is 3. The number of hydrogen-bond acceptors (Lipinski definition) is 5. The molecular formula is C22H15N3O4. The Morgan fingerprint density at radius 2 is 1.76 bits per heavy atom. The lowest BCUT2D eigenvalue weighted by Crippen LogP contribution is -2.30. The summed E-state index contributed by atoms with van der Waals surface area (Å²) in [5.74, 6) is -1.29. The number of amides is 1. The van der Waals surface area contributed by atoms with Crippen LogP contribution in [-0.2, 0) is 9.59 Å². The lowest BCUT2D eigenvalue weighted by Gasteiger charge is -2.20. The number of carbonyl (C=O) groups excluding carboxylic acids is 2. The van der Waals surface area contributed by atoms with E-state index < -0.39 is 17.7 Å². The van der Waals surface area contributed by atoms with E-state index in [1.165, 1.54) is 11.2 Å². The minimum Gasteiger partial charge on any atom is -0.507 e. The number of nitrogens with zero attached hydrogens (tertiary/aromatic N) is 2. The summed E-state index contributed by atoms with van der Waals surface area (Å²) >= 11 is 0. The van der Waals surface area contributed by atoms with Gasteiger partial charge in [0.2, 0.25) is 5.95 Å². The Hall–Kier alpha value is -4.13. The van der Waals surface area contributed by atoms with Crippen molar-refractivity contribution in [2.45, 2.75) is 6.04 Å². The summed E-state index contributed by atoms with van der Waals surface area (Å²) in [5.41, 5.74) is 1.78. The number of aromatic amines is 1. The van der Waals surface area contributed by atoms with Gasteiger partial charge in [0.05, 0.1) is 22.9 Å². The van der Waals surface area contributed by atoms with Gasteiger partial charge in [-0.3, -0.25) is 14.5 Å². The van der Waals surface area contributed by atoms with Gasteiger partial charge < -0.3 is 14.5 Å². The van der Waals surface area contributed by atoms with Gasteiger partial charge in [-0.1, -0.05) is 42.5 Å². The maximum absolute atomic E-state index is 13.0. The van der Waals surface area contributed by atoms with Crippen molar-refractivity contribution >= 4 is 34.4 Å². The summed E-state index contributed by atoms with van der Waals surface area (Å²) in [6, 6.07) is 18.3. The third-order valence-electron chi connectivity index (χ3n) is 4.91. The highest BCUT2D eigenvalue weighted by molar-refractivity contribution is 6.51. The zero-order valence-corrected chi connectivity index (χ0v) is 15.1. The van der Waals surface area contributed by atoms with Crippen molar-refractivity contribution in [2.24, 2.45) is 0 Å². The first-order chi connectivity index (χ1) is 14.1. The highest BCUT2D eigenvalue weighted by atomic mass is 16.3. The van der Waals surface area contributed by atoms with Crippen LogP contribution in [-0.4, -0.2) is 26.8 Å². The monoisotopic (exact) mass is 385 g/mol. The Labute approximate surface area is 164 Å². The van der Waals surface area contributed by atoms with E-state index >= 15 is 0 Å². The van der Waals surface area contributed by atoms with E-state index in [2.05, 4.69) is 9.97 Å². The Bertz CT molecular complexity index is 1220. The van der Waals surface area contributed by atoms with Crippen LogP contribution in [0.2, 0.25) is 0 Å². The van der Waals surface area contributed by atoms with E-state index in [1.807, 2.05) is 18.2 Å². The van der Waals surface area contributed by atoms with E-state index in [1.54, 1.807) is 48.5 Å². The van der Waals surface area contributed by atoms with Gasteiger partial charge in [-0.25, -0.2) is 4.98 Å². The molecule has 1 atom stereocenters. The van der Waals surface area contributed by atoms with Crippen molar-refractivity contribution in [3.05, 3.63) is 89.9 Å². The number of anilines is 1. The Kier molecular flexibility index (Phi) is 3.80. The van der Waals surface area contributed by atoms with Crippen molar-refractivity contribution in [1.82, 2.24) is 9.97 Å². The summed E-state index contributed by atoms with van der Waals surface area (Å²) in [5, 5.41) is 10.9. The third kappa shape index (κ3) is 2.63. The summed E-state index contributed by atoms with van der Waals surface area (Å²) in [6.07, 6.45) is 1.45. The molecule has 0 radical (unpaired) electrons. The quantitative estimate of drug-likeness (QED) is 0.318. The molecule has 142 valence electrons. The van der Waals surface area contributed by atoms with Gasteiger partial charge in [0.25, 0.3) is 5.78 Å². The Balaban J connectivity index is 1.73. The van der Waals surface area contributed by atoms with E-state index in [9.17, 15) is 14.7 Å². The number of ketones is 1. The van der Waals surface area contributed by atoms with Crippen molar-refractivity contribution in [1.29, 1.82) is 0 Å². The Morgan fingerprint density at radius 3 is 2.48 bits per heavy atom. The topological polar surface area (TPSA) is 99.4 Å². The van der Waals surface area contributed by atoms with Crippen molar-refractivity contribution in [2.75, 3.05) is 4.90 Å². The summed E-state index contributed by atoms with van der Waals surface area (Å²) in [7, 11) is 0. The number of imidazole rings is 1. The summed E-state index contributed by atoms with van der Waals surface area (Å²) < 4.78 is 5.52. The molecule has 5 rings (SSSR count). The number of aliphatic hydroxyl groups is 1. The molecule has 3 heterocycles. The minimum atomic E-state index is -0.939. The molecular weight excluding hydrogens is 370 g/mol. The van der Waals surface area contributed by atoms with Gasteiger partial charge in [0.1, 0.15) is 17.6 Å². The molecule has 1 unspecified atom stereocenters. The molecule has 1 aliphatic heterocycles. The molecule has 1 saturated heterocycles. The minimum absolute atomic E-state index is 0.0448. The van der Waals surface area contributed by atoms with Gasteiger partial charge in [-0.15, -0.1) is 0 Å². The van der Waals surface area contributed by atoms with Gasteiger partial charge in [-0.05, 0) is 24.3 Å². The predicted molar refractivity (Wildman–Crippen MR) is 106 cm³/mol. The van der Waals surface area contributed by atoms with Crippen LogP contribution in [0.15, 0.2) is 83.0 Å². The van der Waals surface area contributed by atoms with Crippen molar-refractivity contribution in [3.8, 4) is 0 Å². The SMILES string of the molecule is O=C1C(=O)N(c2nc3ccccc3[nH]2)C(c2ccco2)/C1=C(\O)c1ccccc1. The van der Waals surface area contributed by atoms with Crippen LogP contribution in [0.3, 0.4) is 0 Å². The van der Waals surface area contributed by atoms with Crippen LogP contribution in [0, 0.1) is 0 Å². The number of H-pyrrole nitrogens is 1. The predicted octanol–water partition coefficient (Wildman–Crippen LogP) is 3.78. The highest BCUT2D eigenvalue weighted by Gasteiger charge is 2.49. The van der Waals surface area contributed by atoms with Crippen LogP contribution in [0.5, 0.6) is 0 Å². The molecule has 0 spiro atoms. The number of Topliss-reactive ketones (excluding diaryl/α,β-unsaturated/α-hetero) is 1. The number of para-hydroxylation sites is 2. The molecule has 7 heteroatoms. The van der Waals surface area contributed by atoms with Gasteiger partial charge in [0.15, 0.2) is 0 Å². The number of hydrogen-bond donors (Lipinski definition) is 2. The average molecular weight is 385 g/mol. The van der Waals surface area contributed by atoms with Crippen LogP contribution in [0.4, 0.5) is 5.95 Å².